The van der Waals surface area contributed by atoms with Gasteiger partial charge in [-0.25, -0.2) is 0 Å². The van der Waals surface area contributed by atoms with Crippen molar-refractivity contribution in [3.8, 4) is 11.5 Å². The number of rotatable bonds is 5. The number of thioether (sulfide) groups is 1. The molecule has 1 unspecified atom stereocenters. The summed E-state index contributed by atoms with van der Waals surface area (Å²) in [7, 11) is 0. The van der Waals surface area contributed by atoms with Crippen LogP contribution in [0.2, 0.25) is 10.0 Å². The Morgan fingerprint density at radius 2 is 1.50 bits per heavy atom. The number of amides is 1. The van der Waals surface area contributed by atoms with Gasteiger partial charge in [0.05, 0.1) is 15.6 Å². The second-order valence-electron chi connectivity index (χ2n) is 7.65. The number of carbonyl (C=O) groups excluding carboxylic acids is 1. The molecule has 0 aliphatic carbocycles. The Morgan fingerprint density at radius 3 is 2.26 bits per heavy atom. The minimum atomic E-state index is -0.264. The van der Waals surface area contributed by atoms with Gasteiger partial charge >= 0.3 is 0 Å². The van der Waals surface area contributed by atoms with E-state index < -0.39 is 0 Å². The molecule has 0 saturated carbocycles. The molecule has 1 amide bonds. The van der Waals surface area contributed by atoms with E-state index in [4.69, 9.17) is 27.9 Å². The average molecular weight is 504 g/mol. The first-order valence-corrected chi connectivity index (χ1v) is 12.3. The summed E-state index contributed by atoms with van der Waals surface area (Å²) in [5.41, 5.74) is 2.46. The summed E-state index contributed by atoms with van der Waals surface area (Å²) in [4.78, 5) is 16.0. The van der Waals surface area contributed by atoms with Crippen LogP contribution in [0.25, 0.3) is 6.08 Å². The van der Waals surface area contributed by atoms with Gasteiger partial charge in [-0.3, -0.25) is 9.69 Å². The number of halogens is 2. The second kappa shape index (κ2) is 9.98. The Kier molecular flexibility index (Phi) is 6.63. The number of carbonyl (C=O) groups is 1. The lowest BCUT2D eigenvalue weighted by molar-refractivity contribution is -0.114. The molecule has 4 aromatic rings. The molecule has 1 aliphatic heterocycles. The van der Waals surface area contributed by atoms with Gasteiger partial charge in [0, 0.05) is 5.02 Å². The molecule has 0 N–H and O–H groups in total. The topological polar surface area (TPSA) is 29.5 Å². The zero-order valence-corrected chi connectivity index (χ0v) is 20.2. The summed E-state index contributed by atoms with van der Waals surface area (Å²) >= 11 is 14.2. The Morgan fingerprint density at radius 1 is 0.794 bits per heavy atom. The number of hydrogen-bond donors (Lipinski definition) is 0. The van der Waals surface area contributed by atoms with Crippen molar-refractivity contribution in [2.45, 2.75) is 5.37 Å². The van der Waals surface area contributed by atoms with Gasteiger partial charge in [-0.05, 0) is 59.7 Å². The summed E-state index contributed by atoms with van der Waals surface area (Å²) in [6.07, 6.45) is 1.89. The minimum absolute atomic E-state index is 0.127. The largest absolute Gasteiger partial charge is 0.457 e. The van der Waals surface area contributed by atoms with Crippen molar-refractivity contribution in [2.75, 3.05) is 4.90 Å². The fraction of sp³-hybridized carbons (Fsp3) is 0.0357. The normalized spacial score (nSPS) is 16.8. The van der Waals surface area contributed by atoms with Gasteiger partial charge in [0.25, 0.3) is 5.91 Å². The molecule has 6 heteroatoms. The quantitative estimate of drug-likeness (QED) is 0.255. The van der Waals surface area contributed by atoms with Crippen molar-refractivity contribution in [1.82, 2.24) is 0 Å². The number of para-hydroxylation sites is 1. The van der Waals surface area contributed by atoms with Gasteiger partial charge in [-0.15, -0.1) is 0 Å². The molecular formula is C28H19Cl2NO2S. The lowest BCUT2D eigenvalue weighted by Crippen LogP contribution is -2.27. The molecule has 168 valence electrons. The molecule has 0 aromatic heterocycles. The molecule has 4 aromatic carbocycles. The molecule has 5 rings (SSSR count). The predicted molar refractivity (Wildman–Crippen MR) is 142 cm³/mol. The second-order valence-corrected chi connectivity index (χ2v) is 9.61. The lowest BCUT2D eigenvalue weighted by Gasteiger charge is -2.24. The van der Waals surface area contributed by atoms with Crippen molar-refractivity contribution in [3.63, 3.8) is 0 Å². The molecule has 1 saturated heterocycles. The molecule has 0 spiro atoms. The van der Waals surface area contributed by atoms with Crippen molar-refractivity contribution in [3.05, 3.63) is 129 Å². The van der Waals surface area contributed by atoms with Crippen LogP contribution in [-0.2, 0) is 4.79 Å². The maximum absolute atomic E-state index is 13.6. The first-order chi connectivity index (χ1) is 16.6. The highest BCUT2D eigenvalue weighted by molar-refractivity contribution is 8.05. The van der Waals surface area contributed by atoms with E-state index in [1.54, 1.807) is 23.1 Å². The van der Waals surface area contributed by atoms with E-state index in [-0.39, 0.29) is 11.3 Å². The maximum Gasteiger partial charge on any atom is 0.266 e. The third-order valence-electron chi connectivity index (χ3n) is 5.29. The van der Waals surface area contributed by atoms with Crippen molar-refractivity contribution in [1.29, 1.82) is 0 Å². The number of nitrogens with zero attached hydrogens (tertiary/aromatic N) is 1. The Hall–Kier alpha value is -3.18. The Bertz CT molecular complexity index is 1360. The highest BCUT2D eigenvalue weighted by atomic mass is 35.5. The van der Waals surface area contributed by atoms with Gasteiger partial charge < -0.3 is 4.74 Å². The highest BCUT2D eigenvalue weighted by Gasteiger charge is 2.39. The summed E-state index contributed by atoms with van der Waals surface area (Å²) in [5, 5.41) is 0.727. The molecule has 1 fully saturated rings. The van der Waals surface area contributed by atoms with Crippen molar-refractivity contribution >= 4 is 52.6 Å². The summed E-state index contributed by atoms with van der Waals surface area (Å²) in [6, 6.07) is 32.3. The van der Waals surface area contributed by atoms with E-state index in [9.17, 15) is 4.79 Å². The smallest absolute Gasteiger partial charge is 0.266 e. The lowest BCUT2D eigenvalue weighted by atomic mass is 10.1. The average Bonchev–Trinajstić information content (AvgIpc) is 3.17. The van der Waals surface area contributed by atoms with Gasteiger partial charge in [0.15, 0.2) is 0 Å². The van der Waals surface area contributed by atoms with Crippen LogP contribution < -0.4 is 9.64 Å². The third kappa shape index (κ3) is 4.85. The van der Waals surface area contributed by atoms with Crippen LogP contribution in [0.4, 0.5) is 5.69 Å². The fourth-order valence-electron chi connectivity index (χ4n) is 3.73. The van der Waals surface area contributed by atoms with E-state index in [2.05, 4.69) is 0 Å². The summed E-state index contributed by atoms with van der Waals surface area (Å²) < 4.78 is 5.96. The van der Waals surface area contributed by atoms with Crippen LogP contribution in [0.3, 0.4) is 0 Å². The van der Waals surface area contributed by atoms with E-state index in [1.165, 1.54) is 11.8 Å². The Labute approximate surface area is 212 Å². The molecule has 3 nitrogen and oxygen atoms in total. The maximum atomic E-state index is 13.6. The highest BCUT2D eigenvalue weighted by Crippen LogP contribution is 2.50. The van der Waals surface area contributed by atoms with E-state index >= 15 is 0 Å². The van der Waals surface area contributed by atoms with Crippen LogP contribution >= 0.6 is 35.0 Å². The fourth-order valence-corrected chi connectivity index (χ4v) is 5.36. The molecule has 34 heavy (non-hydrogen) atoms. The van der Waals surface area contributed by atoms with Crippen molar-refractivity contribution in [2.24, 2.45) is 0 Å². The number of benzene rings is 4. The molecule has 1 heterocycles. The van der Waals surface area contributed by atoms with Crippen LogP contribution in [0.5, 0.6) is 11.5 Å². The molecule has 0 bridgehead atoms. The minimum Gasteiger partial charge on any atom is -0.457 e. The summed E-state index contributed by atoms with van der Waals surface area (Å²) in [6.45, 7) is 0. The van der Waals surface area contributed by atoms with Gasteiger partial charge in [0.1, 0.15) is 16.9 Å². The van der Waals surface area contributed by atoms with Crippen molar-refractivity contribution < 1.29 is 9.53 Å². The molecule has 1 aliphatic rings. The van der Waals surface area contributed by atoms with Crippen LogP contribution in [0, 0.1) is 0 Å². The van der Waals surface area contributed by atoms with Crippen LogP contribution in [-0.4, -0.2) is 5.91 Å². The van der Waals surface area contributed by atoms with E-state index in [1.807, 2.05) is 91.0 Å². The van der Waals surface area contributed by atoms with Gasteiger partial charge in [0.2, 0.25) is 0 Å². The SMILES string of the molecule is O=C1/C(=C/c2cccc(Oc3ccccc3)c2)SC(c2ccccc2)N1c1cc(Cl)ccc1Cl. The number of anilines is 1. The first-order valence-electron chi connectivity index (χ1n) is 10.6. The summed E-state index contributed by atoms with van der Waals surface area (Å²) in [5.74, 6) is 1.33. The first kappa shape index (κ1) is 22.6. The molecular weight excluding hydrogens is 485 g/mol. The predicted octanol–water partition coefficient (Wildman–Crippen LogP) is 8.61. The number of ether oxygens (including phenoxy) is 1. The van der Waals surface area contributed by atoms with Crippen LogP contribution in [0.15, 0.2) is 108 Å². The molecule has 1 atom stereocenters. The molecule has 0 radical (unpaired) electrons. The van der Waals surface area contributed by atoms with Gasteiger partial charge in [-0.2, -0.15) is 0 Å². The zero-order valence-electron chi connectivity index (χ0n) is 17.9. The monoisotopic (exact) mass is 503 g/mol. The van der Waals surface area contributed by atoms with Gasteiger partial charge in [-0.1, -0.05) is 95.6 Å². The third-order valence-corrected chi connectivity index (χ3v) is 7.10. The zero-order chi connectivity index (χ0) is 23.5. The Balaban J connectivity index is 1.51. The van der Waals surface area contributed by atoms with E-state index in [0.717, 1.165) is 16.9 Å². The van der Waals surface area contributed by atoms with E-state index in [0.29, 0.717) is 26.4 Å². The number of hydrogen-bond acceptors (Lipinski definition) is 3. The van der Waals surface area contributed by atoms with Crippen LogP contribution in [0.1, 0.15) is 16.5 Å². The standard InChI is InChI=1S/C28H19Cl2NO2S/c29-21-14-15-24(30)25(18-21)31-27(32)26(34-28(31)20-9-3-1-4-10-20)17-19-8-7-13-23(16-19)33-22-11-5-2-6-12-22/h1-18,28H/b26-17-.